The lowest BCUT2D eigenvalue weighted by molar-refractivity contribution is 0.163. The molecule has 0 spiro atoms. The number of hydrogen-bond donors (Lipinski definition) is 2. The van der Waals surface area contributed by atoms with Crippen LogP contribution in [0, 0.1) is 11.8 Å². The summed E-state index contributed by atoms with van der Waals surface area (Å²) in [6, 6.07) is 5.86. The summed E-state index contributed by atoms with van der Waals surface area (Å²) in [7, 11) is 3.62. The molecule has 1 unspecified atom stereocenters. The highest BCUT2D eigenvalue weighted by molar-refractivity contribution is 5.48. The van der Waals surface area contributed by atoms with Crippen molar-refractivity contribution in [1.82, 2.24) is 4.90 Å². The molecule has 1 atom stereocenters. The van der Waals surface area contributed by atoms with E-state index in [1.54, 1.807) is 14.0 Å². The highest BCUT2D eigenvalue weighted by atomic mass is 16.5. The van der Waals surface area contributed by atoms with Crippen molar-refractivity contribution >= 4 is 0 Å². The molecule has 0 saturated heterocycles. The molecular weight excluding hydrogens is 254 g/mol. The molecule has 1 aromatic rings. The van der Waals surface area contributed by atoms with Crippen molar-refractivity contribution in [2.75, 3.05) is 27.3 Å². The van der Waals surface area contributed by atoms with E-state index >= 15 is 0 Å². The van der Waals surface area contributed by atoms with Crippen molar-refractivity contribution in [2.45, 2.75) is 26.0 Å². The van der Waals surface area contributed by atoms with E-state index in [9.17, 15) is 5.11 Å². The van der Waals surface area contributed by atoms with Gasteiger partial charge in [0, 0.05) is 13.1 Å². The summed E-state index contributed by atoms with van der Waals surface area (Å²) in [6.45, 7) is 3.25. The fraction of sp³-hybridized carbons (Fsp3) is 0.500. The van der Waals surface area contributed by atoms with Crippen LogP contribution in [0.2, 0.25) is 0 Å². The first-order chi connectivity index (χ1) is 9.56. The zero-order valence-corrected chi connectivity index (χ0v) is 12.4. The second-order valence-corrected chi connectivity index (χ2v) is 4.87. The lowest BCUT2D eigenvalue weighted by Gasteiger charge is -2.18. The van der Waals surface area contributed by atoms with Gasteiger partial charge >= 0.3 is 0 Å². The van der Waals surface area contributed by atoms with Crippen LogP contribution in [0.3, 0.4) is 0 Å². The lowest BCUT2D eigenvalue weighted by atomic mass is 10.1. The number of aliphatic hydroxyl groups excluding tert-OH is 2. The monoisotopic (exact) mass is 277 g/mol. The third-order valence-corrected chi connectivity index (χ3v) is 2.95. The quantitative estimate of drug-likeness (QED) is 0.768. The average Bonchev–Trinajstić information content (AvgIpc) is 2.43. The molecule has 0 bridgehead atoms. The third-order valence-electron chi connectivity index (χ3n) is 2.95. The SMILES string of the molecule is COc1ccc(CN(C)CCC(C)O)cc1C#CCO. The van der Waals surface area contributed by atoms with Crippen LogP contribution >= 0.6 is 0 Å². The molecule has 0 aliphatic rings. The minimum Gasteiger partial charge on any atom is -0.495 e. The second kappa shape index (κ2) is 8.60. The standard InChI is InChI=1S/C16H23NO3/c1-13(19)8-9-17(2)12-14-6-7-16(20-3)15(11-14)5-4-10-18/h6-7,11,13,18-19H,8-10,12H2,1-3H3. The number of hydrogen-bond acceptors (Lipinski definition) is 4. The Morgan fingerprint density at radius 3 is 2.75 bits per heavy atom. The van der Waals surface area contributed by atoms with Crippen LogP contribution in [0.4, 0.5) is 0 Å². The molecule has 110 valence electrons. The maximum absolute atomic E-state index is 9.29. The van der Waals surface area contributed by atoms with E-state index in [2.05, 4.69) is 16.7 Å². The normalized spacial score (nSPS) is 11.9. The van der Waals surface area contributed by atoms with Crippen LogP contribution in [0.25, 0.3) is 0 Å². The zero-order chi connectivity index (χ0) is 15.0. The lowest BCUT2D eigenvalue weighted by Crippen LogP contribution is -2.22. The van der Waals surface area contributed by atoms with Gasteiger partial charge in [-0.05, 0) is 38.1 Å². The highest BCUT2D eigenvalue weighted by Crippen LogP contribution is 2.19. The van der Waals surface area contributed by atoms with Gasteiger partial charge in [-0.1, -0.05) is 17.9 Å². The Bertz CT molecular complexity index is 474. The fourth-order valence-corrected chi connectivity index (χ4v) is 1.88. The summed E-state index contributed by atoms with van der Waals surface area (Å²) in [4.78, 5) is 2.15. The van der Waals surface area contributed by atoms with Crippen molar-refractivity contribution in [3.63, 3.8) is 0 Å². The van der Waals surface area contributed by atoms with E-state index in [1.807, 2.05) is 25.2 Å². The van der Waals surface area contributed by atoms with Crippen molar-refractivity contribution in [1.29, 1.82) is 0 Å². The molecule has 0 aliphatic carbocycles. The molecule has 0 aromatic heterocycles. The molecule has 4 heteroatoms. The molecule has 0 radical (unpaired) electrons. The molecular formula is C16H23NO3. The van der Waals surface area contributed by atoms with Crippen LogP contribution in [0.1, 0.15) is 24.5 Å². The number of nitrogens with zero attached hydrogens (tertiary/aromatic N) is 1. The first-order valence-corrected chi connectivity index (χ1v) is 6.70. The van der Waals surface area contributed by atoms with E-state index in [0.29, 0.717) is 5.75 Å². The maximum atomic E-state index is 9.29. The van der Waals surface area contributed by atoms with Gasteiger partial charge in [-0.2, -0.15) is 0 Å². The van der Waals surface area contributed by atoms with Crippen LogP contribution in [-0.2, 0) is 6.54 Å². The summed E-state index contributed by atoms with van der Waals surface area (Å²) in [5.74, 6) is 6.24. The molecule has 20 heavy (non-hydrogen) atoms. The highest BCUT2D eigenvalue weighted by Gasteiger charge is 2.06. The van der Waals surface area contributed by atoms with E-state index in [-0.39, 0.29) is 12.7 Å². The summed E-state index contributed by atoms with van der Waals surface area (Å²) in [5, 5.41) is 18.1. The van der Waals surface area contributed by atoms with E-state index in [0.717, 1.165) is 30.6 Å². The Kier molecular flexibility index (Phi) is 7.10. The van der Waals surface area contributed by atoms with Crippen molar-refractivity contribution in [2.24, 2.45) is 0 Å². The fourth-order valence-electron chi connectivity index (χ4n) is 1.88. The summed E-state index contributed by atoms with van der Waals surface area (Å²) < 4.78 is 5.25. The first-order valence-electron chi connectivity index (χ1n) is 6.70. The Balaban J connectivity index is 2.76. The van der Waals surface area contributed by atoms with E-state index < -0.39 is 0 Å². The minimum atomic E-state index is -0.278. The molecule has 0 saturated carbocycles. The number of methoxy groups -OCH3 is 1. The van der Waals surface area contributed by atoms with Crippen LogP contribution < -0.4 is 4.74 Å². The largest absolute Gasteiger partial charge is 0.495 e. The third kappa shape index (κ3) is 5.62. The molecule has 1 aromatic carbocycles. The van der Waals surface area contributed by atoms with Gasteiger partial charge < -0.3 is 19.8 Å². The van der Waals surface area contributed by atoms with E-state index in [4.69, 9.17) is 9.84 Å². The average molecular weight is 277 g/mol. The Morgan fingerprint density at radius 1 is 1.40 bits per heavy atom. The molecule has 0 aliphatic heterocycles. The summed E-state index contributed by atoms with van der Waals surface area (Å²) in [5.41, 5.74) is 1.91. The number of ether oxygens (including phenoxy) is 1. The molecule has 0 amide bonds. The summed E-state index contributed by atoms with van der Waals surface area (Å²) in [6.07, 6.45) is 0.475. The van der Waals surface area contributed by atoms with E-state index in [1.165, 1.54) is 0 Å². The number of aliphatic hydroxyl groups is 2. The minimum absolute atomic E-state index is 0.165. The van der Waals surface area contributed by atoms with Gasteiger partial charge in [-0.15, -0.1) is 0 Å². The second-order valence-electron chi connectivity index (χ2n) is 4.87. The van der Waals surface area contributed by atoms with Gasteiger partial charge in [-0.25, -0.2) is 0 Å². The summed E-state index contributed by atoms with van der Waals surface area (Å²) >= 11 is 0. The maximum Gasteiger partial charge on any atom is 0.134 e. The Hall–Kier alpha value is -1.54. The molecule has 4 nitrogen and oxygen atoms in total. The van der Waals surface area contributed by atoms with Gasteiger partial charge in [0.1, 0.15) is 12.4 Å². The number of benzene rings is 1. The first kappa shape index (κ1) is 16.5. The Morgan fingerprint density at radius 2 is 2.15 bits per heavy atom. The van der Waals surface area contributed by atoms with Gasteiger partial charge in [0.15, 0.2) is 0 Å². The van der Waals surface area contributed by atoms with Crippen molar-refractivity contribution in [3.8, 4) is 17.6 Å². The predicted octanol–water partition coefficient (Wildman–Crippen LogP) is 1.24. The van der Waals surface area contributed by atoms with Gasteiger partial charge in [0.2, 0.25) is 0 Å². The van der Waals surface area contributed by atoms with Gasteiger partial charge in [0.25, 0.3) is 0 Å². The smallest absolute Gasteiger partial charge is 0.134 e. The van der Waals surface area contributed by atoms with Crippen molar-refractivity contribution < 1.29 is 14.9 Å². The van der Waals surface area contributed by atoms with Crippen LogP contribution in [-0.4, -0.2) is 48.5 Å². The molecule has 2 N–H and O–H groups in total. The topological polar surface area (TPSA) is 52.9 Å². The van der Waals surface area contributed by atoms with Crippen molar-refractivity contribution in [3.05, 3.63) is 29.3 Å². The van der Waals surface area contributed by atoms with Gasteiger partial charge in [0.05, 0.1) is 18.8 Å². The van der Waals surface area contributed by atoms with Crippen LogP contribution in [0.5, 0.6) is 5.75 Å². The Labute approximate surface area is 121 Å². The number of rotatable bonds is 6. The van der Waals surface area contributed by atoms with Gasteiger partial charge in [-0.3, -0.25) is 0 Å². The van der Waals surface area contributed by atoms with Crippen LogP contribution in [0.15, 0.2) is 18.2 Å². The zero-order valence-electron chi connectivity index (χ0n) is 12.4. The predicted molar refractivity (Wildman–Crippen MR) is 79.6 cm³/mol. The molecule has 0 heterocycles. The molecule has 0 fully saturated rings. The molecule has 1 rings (SSSR count).